The van der Waals surface area contributed by atoms with Gasteiger partial charge in [-0.15, -0.1) is 0 Å². The van der Waals surface area contributed by atoms with Gasteiger partial charge in [-0.1, -0.05) is 60.7 Å². The number of amides is 4. The summed E-state index contributed by atoms with van der Waals surface area (Å²) >= 11 is 0. The maximum atomic E-state index is 13.9. The minimum atomic E-state index is -1.47. The fourth-order valence-corrected chi connectivity index (χ4v) is 9.10. The minimum absolute atomic E-state index is 0.00541. The van der Waals surface area contributed by atoms with E-state index in [1.807, 2.05) is 0 Å². The third kappa shape index (κ3) is 7.93. The standard InChI is InChI=1S/C56H35N5O13/c1-57-48(64)38-22-32(13-20-36(38)55(71)72)47(63)58-33-14-7-29(8-15-33)28-5-3-27(4-6-28)21-46(62)37-23-41-44(26-45(37)56(73)74)54(70)60(51(41)67)34-16-9-30(10-17-34)31-11-18-35(19-12-31)61-52(68)42-24-39-40(25-43(42)53(61)69)50(66)59(2)49(39)65/h3-20,22-26H,21H2,1-2H3,(H,57,64)(H,58,63)(H,71,72)(H,73,74). The number of carboxylic acids is 2. The van der Waals surface area contributed by atoms with Gasteiger partial charge in [0.2, 0.25) is 0 Å². The van der Waals surface area contributed by atoms with Crippen molar-refractivity contribution in [2.75, 3.05) is 17.3 Å². The second-order valence-corrected chi connectivity index (χ2v) is 17.3. The number of carbonyl (C=O) groups is 7. The third-order valence-electron chi connectivity index (χ3n) is 13.0. The van der Waals surface area contributed by atoms with Crippen molar-refractivity contribution in [3.8, 4) is 27.9 Å². The molecule has 0 spiro atoms. The number of hydrogen-bond donors (Lipinski definition) is 4. The number of fused-ring (bicyclic) bond motifs is 3. The molecule has 0 saturated heterocycles. The molecule has 4 N–H and O–H groups in total. The Labute approximate surface area is 415 Å². The lowest BCUT2D eigenvalue weighted by Gasteiger charge is -2.14. The predicted molar refractivity (Wildman–Crippen MR) is 272 cm³/mol. The number of hydrogen-bond acceptors (Lipinski definition) is 11. The summed E-state index contributed by atoms with van der Waals surface area (Å²) in [6, 6.07) is 34.8. The summed E-state index contributed by atoms with van der Waals surface area (Å²) in [7, 11) is 2.66. The summed E-state index contributed by atoms with van der Waals surface area (Å²) in [5.74, 6) is -6.19. The topological polar surface area (TPSA) is 265 Å². The summed E-state index contributed by atoms with van der Waals surface area (Å²) in [4.78, 5) is 144. The van der Waals surface area contributed by atoms with Crippen LogP contribution in [0.5, 0.6) is 0 Å². The second-order valence-electron chi connectivity index (χ2n) is 17.3. The van der Waals surface area contributed by atoms with Gasteiger partial charge in [-0.3, -0.25) is 47.7 Å². The SMILES string of the molecule is CNC(=O)c1cc(C(=O)Nc2ccc(-c3ccc(CC(=O)c4cc5c(cc4C(=O)O)C(=O)N(c4ccc(-c6ccc(-n7c(=O)c8cc9c(=O)n(C)c(=O)c9cc8c7=O)cc6)cc4)C5=O)cc3)cc2)ccc1C(=O)O. The van der Waals surface area contributed by atoms with E-state index in [2.05, 4.69) is 10.6 Å². The van der Waals surface area contributed by atoms with Crippen molar-refractivity contribution in [1.29, 1.82) is 0 Å². The number of nitrogens with zero attached hydrogens (tertiary/aromatic N) is 3. The highest BCUT2D eigenvalue weighted by Crippen LogP contribution is 2.33. The average molecular weight is 986 g/mol. The zero-order valence-electron chi connectivity index (χ0n) is 38.7. The van der Waals surface area contributed by atoms with Gasteiger partial charge >= 0.3 is 11.9 Å². The highest BCUT2D eigenvalue weighted by molar-refractivity contribution is 6.35. The fraction of sp³-hybridized carbons (Fsp3) is 0.0536. The molecule has 10 rings (SSSR count). The van der Waals surface area contributed by atoms with Crippen LogP contribution >= 0.6 is 0 Å². The number of anilines is 2. The van der Waals surface area contributed by atoms with Gasteiger partial charge in [-0.2, -0.15) is 0 Å². The molecule has 2 aromatic heterocycles. The van der Waals surface area contributed by atoms with Crippen LogP contribution in [0.2, 0.25) is 0 Å². The van der Waals surface area contributed by atoms with Crippen molar-refractivity contribution in [2.24, 2.45) is 7.05 Å². The van der Waals surface area contributed by atoms with Crippen molar-refractivity contribution in [3.05, 3.63) is 225 Å². The number of aromatic carboxylic acids is 2. The van der Waals surface area contributed by atoms with Crippen LogP contribution in [0.15, 0.2) is 159 Å². The van der Waals surface area contributed by atoms with Crippen molar-refractivity contribution in [1.82, 2.24) is 14.5 Å². The molecule has 7 aromatic carbocycles. The third-order valence-corrected chi connectivity index (χ3v) is 13.0. The summed E-state index contributed by atoms with van der Waals surface area (Å²) in [5.41, 5.74) is 0.290. The molecular formula is C56H35N5O13. The van der Waals surface area contributed by atoms with Crippen LogP contribution in [0.1, 0.15) is 78.1 Å². The maximum Gasteiger partial charge on any atom is 0.336 e. The van der Waals surface area contributed by atoms with E-state index in [0.29, 0.717) is 22.4 Å². The molecule has 18 nitrogen and oxygen atoms in total. The van der Waals surface area contributed by atoms with Gasteiger partial charge in [0.1, 0.15) is 0 Å². The first-order valence-corrected chi connectivity index (χ1v) is 22.5. The highest BCUT2D eigenvalue weighted by atomic mass is 16.4. The normalized spacial score (nSPS) is 12.1. The lowest BCUT2D eigenvalue weighted by Crippen LogP contribution is -2.29. The number of aromatic nitrogens is 2. The van der Waals surface area contributed by atoms with Crippen LogP contribution in [0, 0.1) is 0 Å². The largest absolute Gasteiger partial charge is 0.478 e. The molecule has 0 bridgehead atoms. The Kier molecular flexibility index (Phi) is 11.5. The first-order valence-electron chi connectivity index (χ1n) is 22.5. The van der Waals surface area contributed by atoms with Gasteiger partial charge in [0.25, 0.3) is 45.9 Å². The molecule has 9 aromatic rings. The van der Waals surface area contributed by atoms with Crippen LogP contribution in [-0.4, -0.2) is 67.7 Å². The first kappa shape index (κ1) is 47.2. The quantitative estimate of drug-likeness (QED) is 0.0809. The van der Waals surface area contributed by atoms with Crippen LogP contribution in [0.4, 0.5) is 11.4 Å². The molecule has 1 aliphatic heterocycles. The molecule has 0 fully saturated rings. The van der Waals surface area contributed by atoms with Crippen LogP contribution in [-0.2, 0) is 13.5 Å². The van der Waals surface area contributed by atoms with Gasteiger partial charge in [0.15, 0.2) is 5.78 Å². The van der Waals surface area contributed by atoms with Crippen molar-refractivity contribution in [2.45, 2.75) is 6.42 Å². The second kappa shape index (κ2) is 18.0. The summed E-state index contributed by atoms with van der Waals surface area (Å²) in [6.07, 6.45) is -0.240. The number of benzene rings is 7. The molecule has 3 heterocycles. The molecule has 1 aliphatic rings. The Hall–Kier alpha value is -10.5. The van der Waals surface area contributed by atoms with E-state index in [0.717, 1.165) is 37.3 Å². The van der Waals surface area contributed by atoms with Crippen LogP contribution < -0.4 is 37.8 Å². The molecule has 362 valence electrons. The lowest BCUT2D eigenvalue weighted by atomic mass is 9.93. The van der Waals surface area contributed by atoms with Crippen LogP contribution in [0.25, 0.3) is 49.5 Å². The van der Waals surface area contributed by atoms with E-state index in [9.17, 15) is 63.0 Å². The molecule has 0 unspecified atom stereocenters. The number of nitrogens with one attached hydrogen (secondary N) is 2. The van der Waals surface area contributed by atoms with E-state index < -0.39 is 69.2 Å². The Bertz CT molecular complexity index is 4100. The molecule has 18 heteroatoms. The number of rotatable bonds is 12. The molecule has 0 radical (unpaired) electrons. The Balaban J connectivity index is 0.817. The Morgan fingerprint density at radius 1 is 0.473 bits per heavy atom. The summed E-state index contributed by atoms with van der Waals surface area (Å²) in [6.45, 7) is 0. The zero-order valence-corrected chi connectivity index (χ0v) is 38.7. The molecule has 0 atom stereocenters. The first-order chi connectivity index (χ1) is 35.4. The van der Waals surface area contributed by atoms with E-state index in [-0.39, 0.29) is 72.7 Å². The Morgan fingerprint density at radius 3 is 1.43 bits per heavy atom. The molecule has 4 amide bonds. The fourth-order valence-electron chi connectivity index (χ4n) is 9.10. The molecular weight excluding hydrogens is 951 g/mol. The van der Waals surface area contributed by atoms with Gasteiger partial charge in [0.05, 0.1) is 60.7 Å². The van der Waals surface area contributed by atoms with Crippen LogP contribution in [0.3, 0.4) is 0 Å². The molecule has 74 heavy (non-hydrogen) atoms. The smallest absolute Gasteiger partial charge is 0.336 e. The summed E-state index contributed by atoms with van der Waals surface area (Å²) < 4.78 is 1.88. The van der Waals surface area contributed by atoms with Gasteiger partial charge < -0.3 is 20.8 Å². The monoisotopic (exact) mass is 985 g/mol. The van der Waals surface area contributed by atoms with E-state index in [1.54, 1.807) is 84.9 Å². The van der Waals surface area contributed by atoms with Gasteiger partial charge in [0, 0.05) is 37.3 Å². The van der Waals surface area contributed by atoms with Crippen molar-refractivity contribution >= 4 is 74.3 Å². The number of carboxylic acid groups (broad SMARTS) is 2. The Morgan fingerprint density at radius 2 is 0.932 bits per heavy atom. The van der Waals surface area contributed by atoms with E-state index >= 15 is 0 Å². The predicted octanol–water partition coefficient (Wildman–Crippen LogP) is 6.01. The number of Topliss-reactive ketones (excluding diaryl/α,β-unsaturated/α-hetero) is 1. The number of carbonyl (C=O) groups excluding carboxylic acids is 5. The number of imide groups is 1. The lowest BCUT2D eigenvalue weighted by molar-refractivity contribution is 0.0683. The minimum Gasteiger partial charge on any atom is -0.478 e. The number of ketones is 1. The van der Waals surface area contributed by atoms with E-state index in [1.165, 1.54) is 56.6 Å². The molecule has 0 aliphatic carbocycles. The highest BCUT2D eigenvalue weighted by Gasteiger charge is 2.39. The average Bonchev–Trinajstić information content (AvgIpc) is 3.90. The maximum absolute atomic E-state index is 13.9. The van der Waals surface area contributed by atoms with Gasteiger partial charge in [-0.05, 0) is 107 Å². The summed E-state index contributed by atoms with van der Waals surface area (Å²) in [5, 5.41) is 24.8. The van der Waals surface area contributed by atoms with Crippen molar-refractivity contribution in [3.63, 3.8) is 0 Å². The zero-order chi connectivity index (χ0) is 52.4. The molecule has 0 saturated carbocycles. The van der Waals surface area contributed by atoms with Crippen molar-refractivity contribution < 1.29 is 43.8 Å². The van der Waals surface area contributed by atoms with Gasteiger partial charge in [-0.25, -0.2) is 19.1 Å². The van der Waals surface area contributed by atoms with E-state index in [4.69, 9.17) is 0 Å².